The number of rotatable bonds is 5. The molecule has 1 aromatic carbocycles. The number of aliphatic imine (C=N–C) groups is 1. The molecule has 2 rings (SSSR count). The number of benzene rings is 1. The molecule has 1 N–H and O–H groups in total. The molecule has 0 aliphatic carbocycles. The Morgan fingerprint density at radius 1 is 1.41 bits per heavy atom. The Kier molecular flexibility index (Phi) is 6.43. The second-order valence-electron chi connectivity index (χ2n) is 4.76. The molecule has 0 aromatic heterocycles. The quantitative estimate of drug-likeness (QED) is 0.612. The number of aryl methyl sites for hydroxylation is 1. The Labute approximate surface area is 135 Å². The first-order valence-corrected chi connectivity index (χ1v) is 8.63. The van der Waals surface area contributed by atoms with Crippen LogP contribution in [0.5, 0.6) is 0 Å². The lowest BCUT2D eigenvalue weighted by Crippen LogP contribution is -2.17. The predicted octanol–water partition coefficient (Wildman–Crippen LogP) is 4.73. The van der Waals surface area contributed by atoms with Crippen LogP contribution < -0.4 is 5.32 Å². The molecule has 2 nitrogen and oxygen atoms in total. The summed E-state index contributed by atoms with van der Waals surface area (Å²) in [4.78, 5) is 4.68. The molecule has 0 spiro atoms. The van der Waals surface area contributed by atoms with Crippen molar-refractivity contribution in [2.24, 2.45) is 4.99 Å². The van der Waals surface area contributed by atoms with Gasteiger partial charge in [0.1, 0.15) is 12.5 Å². The molecule has 0 bridgehead atoms. The van der Waals surface area contributed by atoms with E-state index < -0.39 is 24.2 Å². The van der Waals surface area contributed by atoms with E-state index in [-0.39, 0.29) is 5.69 Å². The third-order valence-electron chi connectivity index (χ3n) is 3.01. The minimum absolute atomic E-state index is 0.174. The Morgan fingerprint density at radius 3 is 2.77 bits per heavy atom. The molecule has 1 heterocycles. The molecule has 1 unspecified atom stereocenters. The van der Waals surface area contributed by atoms with Crippen LogP contribution >= 0.6 is 23.5 Å². The van der Waals surface area contributed by atoms with Gasteiger partial charge in [0, 0.05) is 17.2 Å². The summed E-state index contributed by atoms with van der Waals surface area (Å²) < 4.78 is 52.1. The van der Waals surface area contributed by atoms with Crippen LogP contribution in [0.25, 0.3) is 0 Å². The van der Waals surface area contributed by atoms with Gasteiger partial charge in [-0.25, -0.2) is 17.6 Å². The zero-order valence-electron chi connectivity index (χ0n) is 11.9. The zero-order valence-corrected chi connectivity index (χ0v) is 13.5. The van der Waals surface area contributed by atoms with Crippen molar-refractivity contribution in [2.45, 2.75) is 29.9 Å². The number of hydrogen-bond donors (Lipinski definition) is 1. The molecule has 8 heteroatoms. The summed E-state index contributed by atoms with van der Waals surface area (Å²) in [5.41, 5.74) is 0.679. The lowest BCUT2D eigenvalue weighted by molar-refractivity contribution is 0.134. The van der Waals surface area contributed by atoms with E-state index >= 15 is 0 Å². The molecule has 0 fully saturated rings. The average molecular weight is 352 g/mol. The molecule has 0 radical (unpaired) electrons. The number of alkyl halides is 3. The summed E-state index contributed by atoms with van der Waals surface area (Å²) in [5, 5.41) is 2.05. The Bertz CT molecular complexity index is 552. The maximum Gasteiger partial charge on any atom is 0.253 e. The Balaban J connectivity index is 2.20. The number of amidine groups is 1. The molecular formula is C14H16F4N2S2. The van der Waals surface area contributed by atoms with Gasteiger partial charge in [-0.2, -0.15) is 0 Å². The first kappa shape index (κ1) is 17.5. The largest absolute Gasteiger partial charge is 0.333 e. The van der Waals surface area contributed by atoms with Crippen molar-refractivity contribution >= 4 is 34.4 Å². The molecule has 0 saturated heterocycles. The van der Waals surface area contributed by atoms with Gasteiger partial charge in [0.2, 0.25) is 0 Å². The number of nitrogens with zero attached hydrogens (tertiary/aromatic N) is 1. The maximum absolute atomic E-state index is 14.0. The Hall–Kier alpha value is -0.890. The average Bonchev–Trinajstić information content (AvgIpc) is 2.49. The van der Waals surface area contributed by atoms with Gasteiger partial charge >= 0.3 is 0 Å². The van der Waals surface area contributed by atoms with E-state index in [9.17, 15) is 17.6 Å². The minimum atomic E-state index is -2.77. The molecule has 0 saturated carbocycles. The first-order chi connectivity index (χ1) is 10.5. The lowest BCUT2D eigenvalue weighted by Gasteiger charge is -2.17. The fraction of sp³-hybridized carbons (Fsp3) is 0.500. The van der Waals surface area contributed by atoms with Crippen LogP contribution in [0.15, 0.2) is 22.0 Å². The number of halogens is 4. The molecule has 1 aliphatic heterocycles. The molecule has 22 heavy (non-hydrogen) atoms. The van der Waals surface area contributed by atoms with Gasteiger partial charge in [-0.3, -0.25) is 4.99 Å². The van der Waals surface area contributed by atoms with Gasteiger partial charge in [-0.1, -0.05) is 11.8 Å². The van der Waals surface area contributed by atoms with Crippen molar-refractivity contribution < 1.29 is 17.6 Å². The summed E-state index contributed by atoms with van der Waals surface area (Å²) in [5.74, 6) is 0.417. The van der Waals surface area contributed by atoms with Gasteiger partial charge in [-0.05, 0) is 31.0 Å². The summed E-state index contributed by atoms with van der Waals surface area (Å²) in [6, 6.07) is 2.71. The monoisotopic (exact) mass is 352 g/mol. The van der Waals surface area contributed by atoms with Gasteiger partial charge in [-0.15, -0.1) is 11.8 Å². The smallest absolute Gasteiger partial charge is 0.253 e. The molecule has 122 valence electrons. The van der Waals surface area contributed by atoms with E-state index in [1.165, 1.54) is 23.9 Å². The molecular weight excluding hydrogens is 336 g/mol. The third kappa shape index (κ3) is 4.55. The van der Waals surface area contributed by atoms with Crippen LogP contribution in [0.1, 0.15) is 12.0 Å². The van der Waals surface area contributed by atoms with Crippen LogP contribution in [0.3, 0.4) is 0 Å². The predicted molar refractivity (Wildman–Crippen MR) is 85.8 cm³/mol. The Morgan fingerprint density at radius 2 is 2.18 bits per heavy atom. The highest BCUT2D eigenvalue weighted by molar-refractivity contribution is 8.14. The topological polar surface area (TPSA) is 24.4 Å². The third-order valence-corrected chi connectivity index (χ3v) is 5.34. The van der Waals surface area contributed by atoms with Crippen molar-refractivity contribution in [3.63, 3.8) is 0 Å². The van der Waals surface area contributed by atoms with E-state index in [4.69, 9.17) is 0 Å². The highest BCUT2D eigenvalue weighted by atomic mass is 32.2. The standard InChI is InChI=1S/C14H16F4N2S2/c1-8-5-9(16)10(20-14-19-3-2-4-21-14)6-11(8)22-12(7-15)13(17)18/h5-6,12-13H,2-4,7H2,1H3,(H,19,20). The first-order valence-electron chi connectivity index (χ1n) is 6.76. The number of hydrogen-bond acceptors (Lipinski definition) is 4. The van der Waals surface area contributed by atoms with E-state index in [0.29, 0.717) is 22.2 Å². The maximum atomic E-state index is 14.0. The second kappa shape index (κ2) is 8.10. The fourth-order valence-corrected chi connectivity index (χ4v) is 3.59. The normalized spacial score (nSPS) is 16.5. The summed E-state index contributed by atoms with van der Waals surface area (Å²) in [6.07, 6.45) is -1.80. The van der Waals surface area contributed by atoms with Crippen LogP contribution in [-0.4, -0.2) is 35.8 Å². The second-order valence-corrected chi connectivity index (χ2v) is 7.12. The van der Waals surface area contributed by atoms with E-state index in [1.54, 1.807) is 6.92 Å². The fourth-order valence-electron chi connectivity index (χ4n) is 1.84. The SMILES string of the molecule is Cc1cc(F)c(NC2=NCCCS2)cc1SC(CF)C(F)F. The van der Waals surface area contributed by atoms with Crippen molar-refractivity contribution in [2.75, 3.05) is 24.3 Å². The van der Waals surface area contributed by atoms with E-state index in [0.717, 1.165) is 23.9 Å². The lowest BCUT2D eigenvalue weighted by atomic mass is 10.2. The van der Waals surface area contributed by atoms with Gasteiger partial charge in [0.15, 0.2) is 5.17 Å². The summed E-state index contributed by atoms with van der Waals surface area (Å²) in [7, 11) is 0. The molecule has 1 atom stereocenters. The number of anilines is 1. The van der Waals surface area contributed by atoms with Crippen LogP contribution in [0, 0.1) is 12.7 Å². The van der Waals surface area contributed by atoms with Crippen LogP contribution in [0.2, 0.25) is 0 Å². The summed E-state index contributed by atoms with van der Waals surface area (Å²) >= 11 is 2.22. The van der Waals surface area contributed by atoms with Crippen molar-refractivity contribution in [1.29, 1.82) is 0 Å². The number of nitrogens with one attached hydrogen (secondary N) is 1. The van der Waals surface area contributed by atoms with Crippen molar-refractivity contribution in [3.05, 3.63) is 23.5 Å². The zero-order chi connectivity index (χ0) is 16.1. The van der Waals surface area contributed by atoms with E-state index in [2.05, 4.69) is 10.3 Å². The summed E-state index contributed by atoms with van der Waals surface area (Å²) in [6.45, 7) is 1.16. The molecule has 0 amide bonds. The van der Waals surface area contributed by atoms with Crippen molar-refractivity contribution in [3.8, 4) is 0 Å². The van der Waals surface area contributed by atoms with Gasteiger partial charge in [0.25, 0.3) is 6.43 Å². The van der Waals surface area contributed by atoms with Crippen LogP contribution in [0.4, 0.5) is 23.2 Å². The highest BCUT2D eigenvalue weighted by Gasteiger charge is 2.23. The van der Waals surface area contributed by atoms with Crippen LogP contribution in [-0.2, 0) is 0 Å². The molecule has 1 aromatic rings. The molecule has 1 aliphatic rings. The van der Waals surface area contributed by atoms with Gasteiger partial charge in [0.05, 0.1) is 10.9 Å². The van der Waals surface area contributed by atoms with E-state index in [1.807, 2.05) is 0 Å². The van der Waals surface area contributed by atoms with Crippen molar-refractivity contribution in [1.82, 2.24) is 0 Å². The minimum Gasteiger partial charge on any atom is -0.333 e. The van der Waals surface area contributed by atoms with Gasteiger partial charge < -0.3 is 5.32 Å². The number of thioether (sulfide) groups is 2. The highest BCUT2D eigenvalue weighted by Crippen LogP contribution is 2.34.